The van der Waals surface area contributed by atoms with E-state index in [0.717, 1.165) is 37.4 Å². The number of methoxy groups -OCH3 is 1. The summed E-state index contributed by atoms with van der Waals surface area (Å²) in [6.07, 6.45) is 1.85. The Morgan fingerprint density at radius 1 is 1.14 bits per heavy atom. The number of benzene rings is 2. The van der Waals surface area contributed by atoms with Gasteiger partial charge < -0.3 is 19.5 Å². The molecule has 0 saturated carbocycles. The number of hydrogen-bond acceptors (Lipinski definition) is 5. The molecule has 2 aliphatic heterocycles. The van der Waals surface area contributed by atoms with Crippen LogP contribution in [0.1, 0.15) is 18.4 Å². The molecule has 0 aromatic heterocycles. The Morgan fingerprint density at radius 3 is 2.72 bits per heavy atom. The third kappa shape index (κ3) is 4.71. The molecule has 0 radical (unpaired) electrons. The van der Waals surface area contributed by atoms with Crippen LogP contribution in [-0.4, -0.2) is 50.3 Å². The fourth-order valence-electron chi connectivity index (χ4n) is 4.20. The molecule has 2 atom stereocenters. The molecular formula is C23H28N2O4. The van der Waals surface area contributed by atoms with Gasteiger partial charge in [0.1, 0.15) is 13.2 Å². The van der Waals surface area contributed by atoms with Gasteiger partial charge in [-0.25, -0.2) is 0 Å². The second kappa shape index (κ2) is 9.29. The monoisotopic (exact) mass is 396 g/mol. The molecule has 2 aromatic carbocycles. The number of nitrogens with one attached hydrogen (secondary N) is 1. The number of carbonyl (C=O) groups is 1. The number of likely N-dealkylation sites (tertiary alicyclic amines) is 1. The number of fused-ring (bicyclic) bond motifs is 1. The molecule has 29 heavy (non-hydrogen) atoms. The van der Waals surface area contributed by atoms with Crippen molar-refractivity contribution in [2.24, 2.45) is 5.92 Å². The molecule has 0 bridgehead atoms. The quantitative estimate of drug-likeness (QED) is 0.812. The van der Waals surface area contributed by atoms with Crippen LogP contribution in [0.3, 0.4) is 0 Å². The van der Waals surface area contributed by atoms with Gasteiger partial charge in [-0.1, -0.05) is 30.3 Å². The molecule has 1 N–H and O–H groups in total. The maximum Gasteiger partial charge on any atom is 0.229 e. The van der Waals surface area contributed by atoms with Gasteiger partial charge >= 0.3 is 0 Å². The van der Waals surface area contributed by atoms with E-state index in [0.29, 0.717) is 25.6 Å². The van der Waals surface area contributed by atoms with Crippen LogP contribution in [0.5, 0.6) is 11.5 Å². The number of ether oxygens (including phenoxy) is 3. The van der Waals surface area contributed by atoms with Crippen LogP contribution >= 0.6 is 0 Å². The predicted octanol–water partition coefficient (Wildman–Crippen LogP) is 3.32. The van der Waals surface area contributed by atoms with E-state index in [9.17, 15) is 4.79 Å². The lowest BCUT2D eigenvalue weighted by Gasteiger charge is -2.40. The van der Waals surface area contributed by atoms with Crippen molar-refractivity contribution in [1.82, 2.24) is 4.90 Å². The van der Waals surface area contributed by atoms with Crippen LogP contribution in [0.2, 0.25) is 0 Å². The first-order chi connectivity index (χ1) is 14.2. The average Bonchev–Trinajstić information content (AvgIpc) is 2.75. The van der Waals surface area contributed by atoms with E-state index < -0.39 is 0 Å². The average molecular weight is 396 g/mol. The molecule has 0 aliphatic carbocycles. The van der Waals surface area contributed by atoms with Crippen LogP contribution in [0.15, 0.2) is 48.5 Å². The van der Waals surface area contributed by atoms with Crippen LogP contribution in [0.4, 0.5) is 5.69 Å². The van der Waals surface area contributed by atoms with Crippen LogP contribution < -0.4 is 14.8 Å². The summed E-state index contributed by atoms with van der Waals surface area (Å²) in [7, 11) is 1.70. The molecule has 0 spiro atoms. The standard InChI is InChI=1S/C23H28N2O4/c1-27-16-20-19(8-5-11-25(20)15-17-6-3-2-4-7-17)23(26)24-18-9-10-21-22(14-18)29-13-12-28-21/h2-4,6-7,9-10,14,19-20H,5,8,11-13,15-16H2,1H3,(H,24,26)/t19-,20-/m1/s1. The van der Waals surface area contributed by atoms with Crippen molar-refractivity contribution >= 4 is 11.6 Å². The van der Waals surface area contributed by atoms with Crippen LogP contribution in [-0.2, 0) is 16.1 Å². The van der Waals surface area contributed by atoms with Gasteiger partial charge in [-0.3, -0.25) is 9.69 Å². The van der Waals surface area contributed by atoms with Crippen molar-refractivity contribution in [2.75, 3.05) is 38.8 Å². The third-order valence-corrected chi connectivity index (χ3v) is 5.61. The fraction of sp³-hybridized carbons (Fsp3) is 0.435. The van der Waals surface area contributed by atoms with E-state index in [1.807, 2.05) is 24.3 Å². The van der Waals surface area contributed by atoms with E-state index in [1.165, 1.54) is 5.56 Å². The molecule has 0 unspecified atom stereocenters. The number of piperidine rings is 1. The van der Waals surface area contributed by atoms with E-state index in [4.69, 9.17) is 14.2 Å². The number of carbonyl (C=O) groups excluding carboxylic acids is 1. The first kappa shape index (κ1) is 19.7. The normalized spacial score (nSPS) is 21.6. The lowest BCUT2D eigenvalue weighted by molar-refractivity contribution is -0.125. The van der Waals surface area contributed by atoms with Crippen molar-refractivity contribution in [3.8, 4) is 11.5 Å². The highest BCUT2D eigenvalue weighted by Gasteiger charge is 2.36. The van der Waals surface area contributed by atoms with Crippen molar-refractivity contribution < 1.29 is 19.0 Å². The molecular weight excluding hydrogens is 368 g/mol. The minimum Gasteiger partial charge on any atom is -0.486 e. The second-order valence-electron chi connectivity index (χ2n) is 7.58. The third-order valence-electron chi connectivity index (χ3n) is 5.61. The summed E-state index contributed by atoms with van der Waals surface area (Å²) in [5.74, 6) is 1.30. The van der Waals surface area contributed by atoms with Gasteiger partial charge in [0.2, 0.25) is 5.91 Å². The number of nitrogens with zero attached hydrogens (tertiary/aromatic N) is 1. The molecule has 4 rings (SSSR count). The van der Waals surface area contributed by atoms with Gasteiger partial charge in [0.05, 0.1) is 12.5 Å². The van der Waals surface area contributed by atoms with Crippen molar-refractivity contribution in [2.45, 2.75) is 25.4 Å². The SMILES string of the molecule is COC[C@@H]1[C@H](C(=O)Nc2ccc3c(c2)OCCO3)CCCN1Cc1ccccc1. The van der Waals surface area contributed by atoms with Crippen LogP contribution in [0.25, 0.3) is 0 Å². The minimum absolute atomic E-state index is 0.0292. The van der Waals surface area contributed by atoms with E-state index in [2.05, 4.69) is 34.5 Å². The topological polar surface area (TPSA) is 60.0 Å². The summed E-state index contributed by atoms with van der Waals surface area (Å²) >= 11 is 0. The number of hydrogen-bond donors (Lipinski definition) is 1. The summed E-state index contributed by atoms with van der Waals surface area (Å²) in [6.45, 7) is 3.40. The maximum absolute atomic E-state index is 13.2. The zero-order valence-electron chi connectivity index (χ0n) is 16.8. The molecule has 2 heterocycles. The van der Waals surface area contributed by atoms with Gasteiger partial charge in [0, 0.05) is 31.5 Å². The lowest BCUT2D eigenvalue weighted by atomic mass is 9.88. The summed E-state index contributed by atoms with van der Waals surface area (Å²) in [5, 5.41) is 3.08. The molecule has 6 nitrogen and oxygen atoms in total. The summed E-state index contributed by atoms with van der Waals surface area (Å²) in [5.41, 5.74) is 1.98. The molecule has 1 amide bonds. The van der Waals surface area contributed by atoms with Crippen molar-refractivity contribution in [3.63, 3.8) is 0 Å². The Hall–Kier alpha value is -2.57. The van der Waals surface area contributed by atoms with Crippen LogP contribution in [0, 0.1) is 5.92 Å². The molecule has 1 saturated heterocycles. The Balaban J connectivity index is 1.47. The predicted molar refractivity (Wildman–Crippen MR) is 111 cm³/mol. The Bertz CT molecular complexity index is 827. The molecule has 2 aliphatic rings. The maximum atomic E-state index is 13.2. The van der Waals surface area contributed by atoms with Gasteiger partial charge in [0.25, 0.3) is 0 Å². The summed E-state index contributed by atoms with van der Waals surface area (Å²) in [6, 6.07) is 16.0. The lowest BCUT2D eigenvalue weighted by Crippen LogP contribution is -2.51. The summed E-state index contributed by atoms with van der Waals surface area (Å²) in [4.78, 5) is 15.5. The largest absolute Gasteiger partial charge is 0.486 e. The molecule has 1 fully saturated rings. The van der Waals surface area contributed by atoms with Gasteiger partial charge in [0.15, 0.2) is 11.5 Å². The van der Waals surface area contributed by atoms with Crippen molar-refractivity contribution in [3.05, 3.63) is 54.1 Å². The van der Waals surface area contributed by atoms with E-state index in [1.54, 1.807) is 7.11 Å². The van der Waals surface area contributed by atoms with E-state index >= 15 is 0 Å². The zero-order valence-corrected chi connectivity index (χ0v) is 16.8. The number of amides is 1. The highest BCUT2D eigenvalue weighted by Crippen LogP contribution is 2.33. The minimum atomic E-state index is -0.124. The Kier molecular flexibility index (Phi) is 6.32. The van der Waals surface area contributed by atoms with E-state index in [-0.39, 0.29) is 17.9 Å². The molecule has 6 heteroatoms. The highest BCUT2D eigenvalue weighted by atomic mass is 16.6. The highest BCUT2D eigenvalue weighted by molar-refractivity contribution is 5.93. The molecule has 2 aromatic rings. The second-order valence-corrected chi connectivity index (χ2v) is 7.58. The fourth-order valence-corrected chi connectivity index (χ4v) is 4.20. The summed E-state index contributed by atoms with van der Waals surface area (Å²) < 4.78 is 16.7. The van der Waals surface area contributed by atoms with Gasteiger partial charge in [-0.15, -0.1) is 0 Å². The first-order valence-electron chi connectivity index (χ1n) is 10.2. The molecule has 154 valence electrons. The zero-order chi connectivity index (χ0) is 20.1. The Labute approximate surface area is 171 Å². The first-order valence-corrected chi connectivity index (χ1v) is 10.2. The smallest absolute Gasteiger partial charge is 0.229 e. The number of rotatable bonds is 6. The van der Waals surface area contributed by atoms with Gasteiger partial charge in [-0.05, 0) is 37.1 Å². The Morgan fingerprint density at radius 2 is 1.93 bits per heavy atom. The van der Waals surface area contributed by atoms with Gasteiger partial charge in [-0.2, -0.15) is 0 Å². The van der Waals surface area contributed by atoms with Crippen molar-refractivity contribution in [1.29, 1.82) is 0 Å². The number of anilines is 1.